The van der Waals surface area contributed by atoms with Crippen LogP contribution in [-0.2, 0) is 9.68 Å². The lowest BCUT2D eigenvalue weighted by Gasteiger charge is -2.23. The van der Waals surface area contributed by atoms with Gasteiger partial charge in [0, 0.05) is 0 Å². The van der Waals surface area contributed by atoms with E-state index in [0.29, 0.717) is 0 Å². The minimum Gasteiger partial charge on any atom is -0.394 e. The number of nitrogens with zero attached hydrogens (tertiary/aromatic N) is 1. The molecule has 0 aliphatic carbocycles. The summed E-state index contributed by atoms with van der Waals surface area (Å²) >= 11 is 0. The van der Waals surface area contributed by atoms with Crippen molar-refractivity contribution in [2.24, 2.45) is 0 Å². The first-order valence-corrected chi connectivity index (χ1v) is 3.99. The van der Waals surface area contributed by atoms with Gasteiger partial charge in [-0.15, -0.1) is 0 Å². The Morgan fingerprint density at radius 2 is 1.50 bits per heavy atom. The zero-order chi connectivity index (χ0) is 9.40. The molecule has 5 heteroatoms. The van der Waals surface area contributed by atoms with Crippen LogP contribution in [0.2, 0.25) is 0 Å². The smallest absolute Gasteiger partial charge is 0.0942 e. The molecule has 2 N–H and O–H groups in total. The molecule has 0 aromatic carbocycles. The van der Waals surface area contributed by atoms with Gasteiger partial charge in [0.2, 0.25) is 0 Å². The molecule has 0 heterocycles. The Morgan fingerprint density at radius 1 is 1.08 bits per heavy atom. The molecule has 0 atom stereocenters. The summed E-state index contributed by atoms with van der Waals surface area (Å²) in [4.78, 5) is 10.0. The van der Waals surface area contributed by atoms with Crippen molar-refractivity contribution >= 4 is 0 Å². The Hall–Kier alpha value is -0.200. The van der Waals surface area contributed by atoms with Crippen LogP contribution in [0.5, 0.6) is 0 Å². The van der Waals surface area contributed by atoms with E-state index in [1.54, 1.807) is 0 Å². The average molecular weight is 179 g/mol. The van der Waals surface area contributed by atoms with Crippen LogP contribution in [0.4, 0.5) is 0 Å². The summed E-state index contributed by atoms with van der Waals surface area (Å²) < 4.78 is 0. The number of aliphatic hydroxyl groups excluding tert-OH is 2. The van der Waals surface area contributed by atoms with Crippen LogP contribution in [0.1, 0.15) is 13.8 Å². The molecular formula is C7H17NO4. The van der Waals surface area contributed by atoms with E-state index >= 15 is 0 Å². The fourth-order valence-electron chi connectivity index (χ4n) is 0.597. The monoisotopic (exact) mass is 179 g/mol. The van der Waals surface area contributed by atoms with E-state index in [-0.39, 0.29) is 32.5 Å². The van der Waals surface area contributed by atoms with Gasteiger partial charge >= 0.3 is 0 Å². The highest BCUT2D eigenvalue weighted by Crippen LogP contribution is 1.99. The van der Waals surface area contributed by atoms with Crippen LogP contribution in [0.25, 0.3) is 0 Å². The van der Waals surface area contributed by atoms with E-state index < -0.39 is 0 Å². The zero-order valence-corrected chi connectivity index (χ0v) is 7.56. The van der Waals surface area contributed by atoms with Gasteiger partial charge in [0.15, 0.2) is 0 Å². The number of hydroxylamine groups is 2. The predicted octanol–water partition coefficient (Wildman–Crippen LogP) is -0.455. The Labute approximate surface area is 72.4 Å². The molecule has 0 aromatic heterocycles. The summed E-state index contributed by atoms with van der Waals surface area (Å²) in [5.74, 6) is 0. The fourth-order valence-corrected chi connectivity index (χ4v) is 0.597. The average Bonchev–Trinajstić information content (AvgIpc) is 2.04. The predicted molar refractivity (Wildman–Crippen MR) is 43.1 cm³/mol. The van der Waals surface area contributed by atoms with E-state index in [1.807, 2.05) is 13.8 Å². The van der Waals surface area contributed by atoms with Gasteiger partial charge < -0.3 is 10.2 Å². The second kappa shape index (κ2) is 7.45. The summed E-state index contributed by atoms with van der Waals surface area (Å²) in [6.07, 6.45) is 0. The SMILES string of the molecule is CC(C)N(OCCO)OCCO. The Bertz CT molecular complexity index is 91.4. The van der Waals surface area contributed by atoms with Crippen molar-refractivity contribution < 1.29 is 19.9 Å². The van der Waals surface area contributed by atoms with Crippen molar-refractivity contribution in [1.29, 1.82) is 0 Å². The highest BCUT2D eigenvalue weighted by atomic mass is 17.0. The van der Waals surface area contributed by atoms with Gasteiger partial charge in [-0.1, -0.05) is 5.23 Å². The van der Waals surface area contributed by atoms with E-state index in [9.17, 15) is 0 Å². The maximum atomic E-state index is 8.47. The van der Waals surface area contributed by atoms with Crippen LogP contribution < -0.4 is 0 Å². The molecule has 0 spiro atoms. The van der Waals surface area contributed by atoms with Crippen molar-refractivity contribution in [3.63, 3.8) is 0 Å². The third-order valence-corrected chi connectivity index (χ3v) is 1.04. The standard InChI is InChI=1S/C7H17NO4/c1-7(2)8(11-5-3-9)12-6-4-10/h7,9-10H,3-6H2,1-2H3. The molecule has 0 aliphatic heterocycles. The summed E-state index contributed by atoms with van der Waals surface area (Å²) in [5, 5.41) is 18.2. The zero-order valence-electron chi connectivity index (χ0n) is 7.56. The molecule has 0 saturated carbocycles. The Kier molecular flexibility index (Phi) is 7.33. The number of aliphatic hydroxyl groups is 2. The van der Waals surface area contributed by atoms with Crippen LogP contribution in [0, 0.1) is 0 Å². The van der Waals surface area contributed by atoms with Gasteiger partial charge in [0.1, 0.15) is 0 Å². The lowest BCUT2D eigenvalue weighted by Crippen LogP contribution is -2.33. The van der Waals surface area contributed by atoms with E-state index in [4.69, 9.17) is 19.9 Å². The molecule has 0 aromatic rings. The molecule has 0 rings (SSSR count). The van der Waals surface area contributed by atoms with Crippen molar-refractivity contribution in [3.8, 4) is 0 Å². The van der Waals surface area contributed by atoms with Crippen molar-refractivity contribution in [2.45, 2.75) is 19.9 Å². The summed E-state index contributed by atoms with van der Waals surface area (Å²) in [5.41, 5.74) is 0. The lowest BCUT2D eigenvalue weighted by molar-refractivity contribution is -0.386. The molecule has 5 nitrogen and oxygen atoms in total. The number of hydrogen-bond acceptors (Lipinski definition) is 5. The highest BCUT2D eigenvalue weighted by molar-refractivity contribution is 4.40. The third kappa shape index (κ3) is 5.45. The molecule has 0 fully saturated rings. The quantitative estimate of drug-likeness (QED) is 0.518. The van der Waals surface area contributed by atoms with E-state index in [1.165, 1.54) is 5.23 Å². The lowest BCUT2D eigenvalue weighted by atomic mass is 10.4. The minimum absolute atomic E-state index is 0.0499. The summed E-state index contributed by atoms with van der Waals surface area (Å²) in [6.45, 7) is 4.06. The molecule has 0 bridgehead atoms. The molecule has 0 radical (unpaired) electrons. The van der Waals surface area contributed by atoms with E-state index in [0.717, 1.165) is 0 Å². The van der Waals surface area contributed by atoms with Gasteiger partial charge in [-0.05, 0) is 13.8 Å². The molecule has 0 unspecified atom stereocenters. The maximum Gasteiger partial charge on any atom is 0.0942 e. The van der Waals surface area contributed by atoms with Crippen molar-refractivity contribution in [1.82, 2.24) is 5.23 Å². The summed E-state index contributed by atoms with van der Waals surface area (Å²) in [6, 6.07) is 0.0584. The second-order valence-electron chi connectivity index (χ2n) is 2.49. The van der Waals surface area contributed by atoms with Gasteiger partial charge in [0.05, 0.1) is 32.5 Å². The first-order chi connectivity index (χ1) is 5.72. The van der Waals surface area contributed by atoms with Gasteiger partial charge in [-0.25, -0.2) is 0 Å². The van der Waals surface area contributed by atoms with Crippen molar-refractivity contribution in [2.75, 3.05) is 26.4 Å². The molecule has 12 heavy (non-hydrogen) atoms. The molecule has 74 valence electrons. The van der Waals surface area contributed by atoms with E-state index in [2.05, 4.69) is 0 Å². The molecule has 0 amide bonds. The topological polar surface area (TPSA) is 62.2 Å². The number of rotatable bonds is 7. The minimum atomic E-state index is -0.0499. The molecule has 0 saturated heterocycles. The third-order valence-electron chi connectivity index (χ3n) is 1.04. The maximum absolute atomic E-state index is 8.47. The normalized spacial score (nSPS) is 11.5. The van der Waals surface area contributed by atoms with Crippen LogP contribution in [0.15, 0.2) is 0 Å². The largest absolute Gasteiger partial charge is 0.394 e. The first kappa shape index (κ1) is 11.8. The highest BCUT2D eigenvalue weighted by Gasteiger charge is 2.09. The van der Waals surface area contributed by atoms with Crippen LogP contribution in [0.3, 0.4) is 0 Å². The van der Waals surface area contributed by atoms with Crippen molar-refractivity contribution in [3.05, 3.63) is 0 Å². The Morgan fingerprint density at radius 3 is 1.75 bits per heavy atom. The van der Waals surface area contributed by atoms with Gasteiger partial charge in [-0.2, -0.15) is 0 Å². The second-order valence-corrected chi connectivity index (χ2v) is 2.49. The van der Waals surface area contributed by atoms with Crippen LogP contribution >= 0.6 is 0 Å². The summed E-state index contributed by atoms with van der Waals surface area (Å²) in [7, 11) is 0. The van der Waals surface area contributed by atoms with Gasteiger partial charge in [-0.3, -0.25) is 9.68 Å². The Balaban J connectivity index is 3.55. The van der Waals surface area contributed by atoms with Crippen LogP contribution in [-0.4, -0.2) is 47.9 Å². The molecule has 0 aliphatic rings. The first-order valence-electron chi connectivity index (χ1n) is 3.99. The molecular weight excluding hydrogens is 162 g/mol. The van der Waals surface area contributed by atoms with Gasteiger partial charge in [0.25, 0.3) is 0 Å². The fraction of sp³-hybridized carbons (Fsp3) is 1.00. The number of hydrogen-bond donors (Lipinski definition) is 2.